The van der Waals surface area contributed by atoms with Crippen LogP contribution in [0.1, 0.15) is 45.3 Å². The van der Waals surface area contributed by atoms with Gasteiger partial charge in [-0.3, -0.25) is 0 Å². The highest BCUT2D eigenvalue weighted by molar-refractivity contribution is 5.38. The Balaban J connectivity index is 3.04. The molecule has 3 nitrogen and oxygen atoms in total. The van der Waals surface area contributed by atoms with Crippen molar-refractivity contribution in [2.45, 2.75) is 47.1 Å². The van der Waals surface area contributed by atoms with Crippen LogP contribution in [0.25, 0.3) is 0 Å². The van der Waals surface area contributed by atoms with Gasteiger partial charge in [-0.05, 0) is 33.1 Å². The number of nitrogens with two attached hydrogens (primary N) is 1. The Morgan fingerprint density at radius 3 is 2.21 bits per heavy atom. The smallest absolute Gasteiger partial charge is 0.127 e. The van der Waals surface area contributed by atoms with Crippen molar-refractivity contribution in [2.24, 2.45) is 5.92 Å². The van der Waals surface area contributed by atoms with Gasteiger partial charge < -0.3 is 10.3 Å². The summed E-state index contributed by atoms with van der Waals surface area (Å²) in [4.78, 5) is 4.51. The summed E-state index contributed by atoms with van der Waals surface area (Å²) < 4.78 is 2.09. The topological polar surface area (TPSA) is 43.8 Å². The lowest BCUT2D eigenvalue weighted by atomic mass is 10.1. The Morgan fingerprint density at radius 1 is 1.29 bits per heavy atom. The molecule has 1 rings (SSSR count). The minimum Gasteiger partial charge on any atom is -0.384 e. The van der Waals surface area contributed by atoms with Crippen molar-refractivity contribution >= 4 is 5.82 Å². The van der Waals surface area contributed by atoms with Crippen molar-refractivity contribution in [3.05, 3.63) is 11.5 Å². The number of nitrogen functional groups attached to an aromatic ring is 1. The first kappa shape index (κ1) is 11.1. The Kier molecular flexibility index (Phi) is 3.19. The molecule has 14 heavy (non-hydrogen) atoms. The molecule has 1 aromatic heterocycles. The Hall–Kier alpha value is -0.990. The van der Waals surface area contributed by atoms with E-state index >= 15 is 0 Å². The number of aryl methyl sites for hydroxylation is 1. The molecule has 0 spiro atoms. The second-order valence-electron chi connectivity index (χ2n) is 4.55. The largest absolute Gasteiger partial charge is 0.384 e. The molecule has 0 saturated carbocycles. The molecule has 1 aromatic rings. The Labute approximate surface area is 86.3 Å². The molecule has 0 unspecified atom stereocenters. The number of hydrogen-bond donors (Lipinski definition) is 1. The van der Waals surface area contributed by atoms with Gasteiger partial charge in [0.15, 0.2) is 0 Å². The third kappa shape index (κ3) is 2.08. The van der Waals surface area contributed by atoms with Crippen LogP contribution in [0.5, 0.6) is 0 Å². The van der Waals surface area contributed by atoms with Crippen LogP contribution < -0.4 is 5.73 Å². The average molecular weight is 195 g/mol. The molecule has 1 heterocycles. The fraction of sp³-hybridized carbons (Fsp3) is 0.727. The van der Waals surface area contributed by atoms with E-state index in [2.05, 4.69) is 37.2 Å². The molecule has 0 fully saturated rings. The van der Waals surface area contributed by atoms with Gasteiger partial charge in [0.25, 0.3) is 0 Å². The predicted molar refractivity (Wildman–Crippen MR) is 60.3 cm³/mol. The molecule has 0 radical (unpaired) electrons. The van der Waals surface area contributed by atoms with Crippen molar-refractivity contribution in [3.63, 3.8) is 0 Å². The summed E-state index contributed by atoms with van der Waals surface area (Å²) in [5, 5.41) is 0. The number of imidazole rings is 1. The normalized spacial score (nSPS) is 11.6. The van der Waals surface area contributed by atoms with E-state index in [1.807, 2.05) is 6.92 Å². The van der Waals surface area contributed by atoms with Crippen LogP contribution in [0.15, 0.2) is 0 Å². The van der Waals surface area contributed by atoms with E-state index in [0.29, 0.717) is 12.0 Å². The molecule has 0 atom stereocenters. The van der Waals surface area contributed by atoms with E-state index in [4.69, 9.17) is 5.73 Å². The van der Waals surface area contributed by atoms with Gasteiger partial charge in [0.1, 0.15) is 11.6 Å². The molecule has 0 aliphatic rings. The molecular weight excluding hydrogens is 174 g/mol. The van der Waals surface area contributed by atoms with Crippen LogP contribution in [0.4, 0.5) is 5.82 Å². The van der Waals surface area contributed by atoms with Crippen molar-refractivity contribution in [1.82, 2.24) is 9.55 Å². The zero-order valence-electron chi connectivity index (χ0n) is 9.83. The summed E-state index contributed by atoms with van der Waals surface area (Å²) >= 11 is 0. The average Bonchev–Trinajstić information content (AvgIpc) is 2.25. The second-order valence-corrected chi connectivity index (χ2v) is 4.55. The SMILES string of the molecule is Cc1nc(CC(C)C)c(N)n1C(C)C. The number of nitrogens with zero attached hydrogens (tertiary/aromatic N) is 2. The summed E-state index contributed by atoms with van der Waals surface area (Å²) in [6, 6.07) is 0.392. The lowest BCUT2D eigenvalue weighted by molar-refractivity contribution is 0.589. The van der Waals surface area contributed by atoms with Crippen LogP contribution in [-0.4, -0.2) is 9.55 Å². The molecule has 0 aliphatic heterocycles. The Bertz CT molecular complexity index is 311. The fourth-order valence-electron chi connectivity index (χ4n) is 1.81. The lowest BCUT2D eigenvalue weighted by Crippen LogP contribution is -2.08. The first-order chi connectivity index (χ1) is 6.43. The quantitative estimate of drug-likeness (QED) is 0.805. The van der Waals surface area contributed by atoms with Crippen molar-refractivity contribution in [1.29, 1.82) is 0 Å². The summed E-state index contributed by atoms with van der Waals surface area (Å²) in [5.41, 5.74) is 7.10. The van der Waals surface area contributed by atoms with E-state index in [-0.39, 0.29) is 0 Å². The van der Waals surface area contributed by atoms with Crippen LogP contribution in [0, 0.1) is 12.8 Å². The number of rotatable bonds is 3. The maximum absolute atomic E-state index is 6.05. The molecular formula is C11H21N3. The molecule has 0 saturated heterocycles. The third-order valence-electron chi connectivity index (χ3n) is 2.32. The molecule has 0 bridgehead atoms. The third-order valence-corrected chi connectivity index (χ3v) is 2.32. The van der Waals surface area contributed by atoms with Gasteiger partial charge in [-0.1, -0.05) is 13.8 Å². The van der Waals surface area contributed by atoms with E-state index in [0.717, 1.165) is 23.8 Å². The van der Waals surface area contributed by atoms with E-state index < -0.39 is 0 Å². The molecule has 80 valence electrons. The van der Waals surface area contributed by atoms with Gasteiger partial charge in [-0.2, -0.15) is 0 Å². The molecule has 0 amide bonds. The van der Waals surface area contributed by atoms with Crippen LogP contribution in [-0.2, 0) is 6.42 Å². The fourth-order valence-corrected chi connectivity index (χ4v) is 1.81. The van der Waals surface area contributed by atoms with Gasteiger partial charge in [-0.15, -0.1) is 0 Å². The van der Waals surface area contributed by atoms with Gasteiger partial charge in [0.2, 0.25) is 0 Å². The number of aromatic nitrogens is 2. The first-order valence-corrected chi connectivity index (χ1v) is 5.26. The van der Waals surface area contributed by atoms with E-state index in [1.54, 1.807) is 0 Å². The maximum atomic E-state index is 6.05. The molecule has 2 N–H and O–H groups in total. The van der Waals surface area contributed by atoms with Gasteiger partial charge >= 0.3 is 0 Å². The van der Waals surface area contributed by atoms with Gasteiger partial charge in [-0.25, -0.2) is 4.98 Å². The minimum absolute atomic E-state index is 0.392. The zero-order chi connectivity index (χ0) is 10.9. The van der Waals surface area contributed by atoms with E-state index in [9.17, 15) is 0 Å². The summed E-state index contributed by atoms with van der Waals surface area (Å²) in [6.45, 7) is 10.6. The second kappa shape index (κ2) is 4.03. The van der Waals surface area contributed by atoms with Crippen molar-refractivity contribution in [2.75, 3.05) is 5.73 Å². The van der Waals surface area contributed by atoms with Crippen LogP contribution in [0.3, 0.4) is 0 Å². The monoisotopic (exact) mass is 195 g/mol. The maximum Gasteiger partial charge on any atom is 0.127 e. The number of hydrogen-bond acceptors (Lipinski definition) is 2. The molecule has 0 aromatic carbocycles. The minimum atomic E-state index is 0.392. The zero-order valence-corrected chi connectivity index (χ0v) is 9.83. The van der Waals surface area contributed by atoms with Crippen molar-refractivity contribution in [3.8, 4) is 0 Å². The van der Waals surface area contributed by atoms with Crippen LogP contribution >= 0.6 is 0 Å². The summed E-state index contributed by atoms with van der Waals surface area (Å²) in [5.74, 6) is 2.46. The highest BCUT2D eigenvalue weighted by Crippen LogP contribution is 2.21. The summed E-state index contributed by atoms with van der Waals surface area (Å²) in [7, 11) is 0. The van der Waals surface area contributed by atoms with Crippen LogP contribution in [0.2, 0.25) is 0 Å². The Morgan fingerprint density at radius 2 is 1.86 bits per heavy atom. The standard InChI is InChI=1S/C11H21N3/c1-7(2)6-10-11(12)14(8(3)4)9(5)13-10/h7-8H,6,12H2,1-5H3. The summed E-state index contributed by atoms with van der Waals surface area (Å²) in [6.07, 6.45) is 0.965. The van der Waals surface area contributed by atoms with E-state index in [1.165, 1.54) is 0 Å². The van der Waals surface area contributed by atoms with Gasteiger partial charge in [0.05, 0.1) is 5.69 Å². The molecule has 3 heteroatoms. The van der Waals surface area contributed by atoms with Gasteiger partial charge in [0, 0.05) is 6.04 Å². The highest BCUT2D eigenvalue weighted by atomic mass is 15.2. The lowest BCUT2D eigenvalue weighted by Gasteiger charge is -2.11. The number of anilines is 1. The predicted octanol–water partition coefficient (Wildman–Crippen LogP) is 2.55. The first-order valence-electron chi connectivity index (χ1n) is 5.26. The van der Waals surface area contributed by atoms with Crippen molar-refractivity contribution < 1.29 is 0 Å². The highest BCUT2D eigenvalue weighted by Gasteiger charge is 2.14. The molecule has 0 aliphatic carbocycles.